The molecule has 0 saturated carbocycles. The summed E-state index contributed by atoms with van der Waals surface area (Å²) < 4.78 is 0. The molecule has 1 nitrogen and oxygen atoms in total. The fraction of sp³-hybridized carbons (Fsp3) is 0.0204. The van der Waals surface area contributed by atoms with Crippen LogP contribution in [0.2, 0.25) is 0 Å². The Balaban J connectivity index is 1.24. The number of hydrogen-bond donors (Lipinski definition) is 0. The van der Waals surface area contributed by atoms with Gasteiger partial charge in [0.25, 0.3) is 0 Å². The number of benzene rings is 8. The largest absolute Gasteiger partial charge is 0.310 e. The second-order valence-corrected chi connectivity index (χ2v) is 13.3. The molecule has 8 aromatic rings. The third-order valence-electron chi connectivity index (χ3n) is 10.7. The number of hydrogen-bond acceptors (Lipinski definition) is 1. The lowest BCUT2D eigenvalue weighted by atomic mass is 9.70. The van der Waals surface area contributed by atoms with Crippen molar-refractivity contribution >= 4 is 17.1 Å². The van der Waals surface area contributed by atoms with Crippen molar-refractivity contribution in [3.63, 3.8) is 0 Å². The quantitative estimate of drug-likeness (QED) is 0.176. The fourth-order valence-electron chi connectivity index (χ4n) is 8.59. The maximum absolute atomic E-state index is 2.46. The van der Waals surface area contributed by atoms with Crippen LogP contribution in [0.1, 0.15) is 22.3 Å². The average Bonchev–Trinajstić information content (AvgIpc) is 3.68. The van der Waals surface area contributed by atoms with E-state index >= 15 is 0 Å². The zero-order chi connectivity index (χ0) is 33.1. The highest BCUT2D eigenvalue weighted by atomic mass is 15.1. The summed E-state index contributed by atoms with van der Waals surface area (Å²) in [4.78, 5) is 2.46. The van der Waals surface area contributed by atoms with E-state index in [0.29, 0.717) is 0 Å². The molecule has 8 aromatic carbocycles. The summed E-state index contributed by atoms with van der Waals surface area (Å²) in [6.07, 6.45) is 0. The van der Waals surface area contributed by atoms with Crippen molar-refractivity contribution in [3.8, 4) is 44.5 Å². The summed E-state index contributed by atoms with van der Waals surface area (Å²) in [5, 5.41) is 0. The number of fused-ring (bicyclic) bond motifs is 6. The Bertz CT molecular complexity index is 2420. The molecule has 0 saturated heterocycles. The second-order valence-electron chi connectivity index (χ2n) is 13.3. The summed E-state index contributed by atoms with van der Waals surface area (Å²) in [6.45, 7) is 0. The number of nitrogens with zero attached hydrogens (tertiary/aromatic N) is 1. The molecule has 0 aliphatic heterocycles. The Morgan fingerprint density at radius 3 is 1.32 bits per heavy atom. The Morgan fingerprint density at radius 2 is 0.760 bits per heavy atom. The van der Waals surface area contributed by atoms with E-state index in [4.69, 9.17) is 0 Å². The molecule has 1 atom stereocenters. The molecule has 0 aromatic heterocycles. The maximum Gasteiger partial charge on any atom is 0.0726 e. The molecular formula is C49H33N. The van der Waals surface area contributed by atoms with Gasteiger partial charge in [-0.1, -0.05) is 170 Å². The van der Waals surface area contributed by atoms with Gasteiger partial charge in [0, 0.05) is 16.9 Å². The van der Waals surface area contributed by atoms with Gasteiger partial charge in [0.15, 0.2) is 0 Å². The van der Waals surface area contributed by atoms with Gasteiger partial charge in [-0.2, -0.15) is 0 Å². The van der Waals surface area contributed by atoms with Crippen molar-refractivity contribution in [2.24, 2.45) is 0 Å². The van der Waals surface area contributed by atoms with Crippen molar-refractivity contribution in [3.05, 3.63) is 222 Å². The van der Waals surface area contributed by atoms with Gasteiger partial charge in [0.05, 0.1) is 11.1 Å². The summed E-state index contributed by atoms with van der Waals surface area (Å²) >= 11 is 0. The van der Waals surface area contributed by atoms with Gasteiger partial charge in [-0.05, 0) is 91.5 Å². The van der Waals surface area contributed by atoms with Gasteiger partial charge < -0.3 is 4.90 Å². The molecule has 0 radical (unpaired) electrons. The third-order valence-corrected chi connectivity index (χ3v) is 10.7. The molecule has 234 valence electrons. The molecular weight excluding hydrogens is 603 g/mol. The molecule has 1 heteroatoms. The molecule has 0 heterocycles. The Labute approximate surface area is 293 Å². The van der Waals surface area contributed by atoms with Crippen molar-refractivity contribution in [1.29, 1.82) is 0 Å². The van der Waals surface area contributed by atoms with E-state index in [1.54, 1.807) is 0 Å². The third kappa shape index (κ3) is 4.14. The van der Waals surface area contributed by atoms with Crippen molar-refractivity contribution in [2.45, 2.75) is 5.41 Å². The SMILES string of the molecule is c1ccc(-c2ccc(N(c3ccc(-c4ccccc4)cc3)c3ccc4c5c3-c3ccccc3C5(c3ccccc3)c3ccccc3-4)cc2)cc1. The highest BCUT2D eigenvalue weighted by Gasteiger charge is 2.53. The lowest BCUT2D eigenvalue weighted by Crippen LogP contribution is -2.26. The Hall–Kier alpha value is -6.44. The van der Waals surface area contributed by atoms with Gasteiger partial charge in [-0.25, -0.2) is 0 Å². The van der Waals surface area contributed by atoms with Crippen LogP contribution in [0, 0.1) is 0 Å². The standard InChI is InChI=1S/C49H33N/c1-4-14-34(15-5-1)36-24-28-39(29-25-36)50(40-30-26-37(27-31-40)35-16-6-2-7-17-35)46-33-32-42-41-20-10-12-22-44(41)49(38-18-8-3-9-19-38)45-23-13-11-21-43(45)47(46)48(42)49/h1-33H. The summed E-state index contributed by atoms with van der Waals surface area (Å²) in [5.41, 5.74) is 18.5. The van der Waals surface area contributed by atoms with Crippen LogP contribution in [0.4, 0.5) is 17.1 Å². The van der Waals surface area contributed by atoms with E-state index < -0.39 is 5.41 Å². The highest BCUT2D eigenvalue weighted by molar-refractivity contribution is 6.05. The molecule has 0 fully saturated rings. The Kier molecular flexibility index (Phi) is 6.47. The van der Waals surface area contributed by atoms with Crippen LogP contribution >= 0.6 is 0 Å². The Morgan fingerprint density at radius 1 is 0.320 bits per heavy atom. The first-order chi connectivity index (χ1) is 24.8. The van der Waals surface area contributed by atoms with E-state index in [-0.39, 0.29) is 0 Å². The van der Waals surface area contributed by atoms with Crippen LogP contribution in [0.3, 0.4) is 0 Å². The van der Waals surface area contributed by atoms with Crippen LogP contribution in [-0.2, 0) is 5.41 Å². The first-order valence-corrected chi connectivity index (χ1v) is 17.4. The molecule has 2 aliphatic rings. The normalized spacial score (nSPS) is 14.9. The number of anilines is 3. The molecule has 2 aliphatic carbocycles. The molecule has 0 bridgehead atoms. The van der Waals surface area contributed by atoms with Gasteiger partial charge >= 0.3 is 0 Å². The molecule has 0 spiro atoms. The molecule has 50 heavy (non-hydrogen) atoms. The van der Waals surface area contributed by atoms with Crippen molar-refractivity contribution in [1.82, 2.24) is 0 Å². The summed E-state index contributed by atoms with van der Waals surface area (Å²) in [5.74, 6) is 0. The van der Waals surface area contributed by atoms with Crippen LogP contribution in [0.15, 0.2) is 200 Å². The van der Waals surface area contributed by atoms with Gasteiger partial charge in [0.1, 0.15) is 0 Å². The zero-order valence-corrected chi connectivity index (χ0v) is 27.5. The van der Waals surface area contributed by atoms with E-state index in [0.717, 1.165) is 11.4 Å². The summed E-state index contributed by atoms with van der Waals surface area (Å²) in [6, 6.07) is 73.3. The zero-order valence-electron chi connectivity index (χ0n) is 27.5. The minimum absolute atomic E-state index is 0.394. The van der Waals surface area contributed by atoms with E-state index in [1.807, 2.05) is 0 Å². The molecule has 0 amide bonds. The number of rotatable bonds is 6. The molecule has 10 rings (SSSR count). The van der Waals surface area contributed by atoms with Crippen molar-refractivity contribution < 1.29 is 0 Å². The lowest BCUT2D eigenvalue weighted by Gasteiger charge is -2.31. The molecule has 0 N–H and O–H groups in total. The summed E-state index contributed by atoms with van der Waals surface area (Å²) in [7, 11) is 0. The predicted molar refractivity (Wildman–Crippen MR) is 208 cm³/mol. The van der Waals surface area contributed by atoms with Gasteiger partial charge in [-0.15, -0.1) is 0 Å². The average molecular weight is 636 g/mol. The maximum atomic E-state index is 2.46. The van der Waals surface area contributed by atoms with Crippen LogP contribution < -0.4 is 4.90 Å². The second kappa shape index (κ2) is 11.3. The first-order valence-electron chi connectivity index (χ1n) is 17.4. The topological polar surface area (TPSA) is 3.24 Å². The predicted octanol–water partition coefficient (Wildman–Crippen LogP) is 12.8. The van der Waals surface area contributed by atoms with Crippen LogP contribution in [0.25, 0.3) is 44.5 Å². The van der Waals surface area contributed by atoms with Crippen LogP contribution in [0.5, 0.6) is 0 Å². The lowest BCUT2D eigenvalue weighted by molar-refractivity contribution is 0.792. The van der Waals surface area contributed by atoms with E-state index in [1.165, 1.54) is 72.4 Å². The minimum Gasteiger partial charge on any atom is -0.310 e. The first kappa shape index (κ1) is 28.6. The minimum atomic E-state index is -0.394. The van der Waals surface area contributed by atoms with E-state index in [9.17, 15) is 0 Å². The smallest absolute Gasteiger partial charge is 0.0726 e. The van der Waals surface area contributed by atoms with Gasteiger partial charge in [-0.3, -0.25) is 0 Å². The van der Waals surface area contributed by atoms with Gasteiger partial charge in [0.2, 0.25) is 0 Å². The highest BCUT2D eigenvalue weighted by Crippen LogP contribution is 2.66. The van der Waals surface area contributed by atoms with Crippen LogP contribution in [-0.4, -0.2) is 0 Å². The van der Waals surface area contributed by atoms with E-state index in [2.05, 4.69) is 205 Å². The fourth-order valence-corrected chi connectivity index (χ4v) is 8.59. The van der Waals surface area contributed by atoms with Crippen molar-refractivity contribution in [2.75, 3.05) is 4.90 Å². The molecule has 1 unspecified atom stereocenters. The monoisotopic (exact) mass is 635 g/mol.